The lowest BCUT2D eigenvalue weighted by atomic mass is 9.90. The Kier molecular flexibility index (Phi) is 19.2. The van der Waals surface area contributed by atoms with Gasteiger partial charge >= 0.3 is 0 Å². The van der Waals surface area contributed by atoms with Crippen LogP contribution >= 0.6 is 0 Å². The van der Waals surface area contributed by atoms with E-state index in [2.05, 4.69) is 409 Å². The average molecular weight is 1810 g/mol. The number of benzene rings is 21. The molecule has 9 heterocycles. The summed E-state index contributed by atoms with van der Waals surface area (Å²) in [6, 6.07) is 163. The summed E-state index contributed by atoms with van der Waals surface area (Å²) in [5.74, 6) is 0. The highest BCUT2D eigenvalue weighted by Gasteiger charge is 2.29. The minimum atomic E-state index is 0.804. The first-order valence-corrected chi connectivity index (χ1v) is 48.5. The van der Waals surface area contributed by atoms with Crippen molar-refractivity contribution < 1.29 is 26.5 Å². The van der Waals surface area contributed by atoms with Crippen LogP contribution in [0.5, 0.6) is 0 Å². The molecule has 0 atom stereocenters. The van der Waals surface area contributed by atoms with Crippen molar-refractivity contribution >= 4 is 149 Å². The highest BCUT2D eigenvalue weighted by atomic mass is 16.3. The molecule has 0 N–H and O–H groups in total. The maximum absolute atomic E-state index is 6.46. The molecule has 0 saturated carbocycles. The van der Waals surface area contributed by atoms with Crippen LogP contribution in [0.2, 0.25) is 0 Å². The Morgan fingerprint density at radius 3 is 0.844 bits per heavy atom. The Morgan fingerprint density at radius 1 is 0.135 bits per heavy atom. The minimum absolute atomic E-state index is 0.804. The SMILES string of the molecule is c1ccc(N2Cc3cc(-c4cccc5oc6ccccc6c45)ccc3-c3cc(-c4ccc5c(c4)oc4ccccc45)ccc3C2)cc1.c1ccc(N2Cc3cc(-c4cccc5oc6ccccc6c45)ccc3-c3cc(-c4ccc5oc6ccccc6c5c4)ccc3C2)cc1.c1ccc(N2Cc3cc(-c4cccc5oc6ccccc6c45)ccc3-c3cc(-c4cccc5c4oc4ccccc45)ccc3C2)cc1. The molecule has 141 heavy (non-hydrogen) atoms. The van der Waals surface area contributed by atoms with Crippen LogP contribution in [0.1, 0.15) is 33.4 Å². The van der Waals surface area contributed by atoms with Crippen LogP contribution < -0.4 is 14.7 Å². The van der Waals surface area contributed by atoms with E-state index in [1.165, 1.54) is 150 Å². The van der Waals surface area contributed by atoms with Gasteiger partial charge in [-0.25, -0.2) is 0 Å². The number of fused-ring (bicyclic) bond motifs is 27. The van der Waals surface area contributed by atoms with E-state index in [-0.39, 0.29) is 0 Å². The van der Waals surface area contributed by atoms with Gasteiger partial charge in [-0.1, -0.05) is 303 Å². The van der Waals surface area contributed by atoms with Gasteiger partial charge in [-0.2, -0.15) is 0 Å². The normalized spacial score (nSPS) is 12.9. The lowest BCUT2D eigenvalue weighted by Crippen LogP contribution is -2.20. The molecule has 0 radical (unpaired) electrons. The number of hydrogen-bond acceptors (Lipinski definition) is 9. The van der Waals surface area contributed by atoms with E-state index >= 15 is 0 Å². The van der Waals surface area contributed by atoms with Gasteiger partial charge in [0.15, 0.2) is 0 Å². The Labute approximate surface area is 812 Å². The lowest BCUT2D eigenvalue weighted by Gasteiger charge is -2.24. The van der Waals surface area contributed by atoms with E-state index in [9.17, 15) is 0 Å². The van der Waals surface area contributed by atoms with Crippen LogP contribution in [0.15, 0.2) is 481 Å². The third-order valence-corrected chi connectivity index (χ3v) is 29.3. The van der Waals surface area contributed by atoms with Crippen LogP contribution in [0.25, 0.3) is 232 Å². The molecule has 3 aliphatic rings. The van der Waals surface area contributed by atoms with Gasteiger partial charge in [0, 0.05) is 127 Å². The van der Waals surface area contributed by atoms with Crippen molar-refractivity contribution in [2.24, 2.45) is 0 Å². The molecular weight excluding hydrogens is 1720 g/mol. The Balaban J connectivity index is 0.000000104. The molecule has 9 heteroatoms. The van der Waals surface area contributed by atoms with Gasteiger partial charge in [0.05, 0.1) is 0 Å². The summed E-state index contributed by atoms with van der Waals surface area (Å²) in [4.78, 5) is 7.47. The van der Waals surface area contributed by atoms with Gasteiger partial charge in [-0.05, 0) is 280 Å². The van der Waals surface area contributed by atoms with E-state index < -0.39 is 0 Å². The molecule has 0 fully saturated rings. The first-order chi connectivity index (χ1) is 69.8. The Bertz CT molecular complexity index is 9670. The quantitative estimate of drug-likeness (QED) is 0.140. The van der Waals surface area contributed by atoms with Crippen LogP contribution in [0.4, 0.5) is 17.1 Å². The second kappa shape index (κ2) is 33.4. The predicted octanol–water partition coefficient (Wildman–Crippen LogP) is 36.0. The van der Waals surface area contributed by atoms with Crippen molar-refractivity contribution in [1.29, 1.82) is 0 Å². The fourth-order valence-electron chi connectivity index (χ4n) is 22.6. The smallest absolute Gasteiger partial charge is 0.143 e. The van der Waals surface area contributed by atoms with Crippen LogP contribution in [0.3, 0.4) is 0 Å². The number of rotatable bonds is 9. The second-order valence-electron chi connectivity index (χ2n) is 37.5. The molecule has 0 bridgehead atoms. The fourth-order valence-corrected chi connectivity index (χ4v) is 22.6. The van der Waals surface area contributed by atoms with Gasteiger partial charge in [-0.3, -0.25) is 0 Å². The minimum Gasteiger partial charge on any atom is -0.456 e. The molecule has 9 nitrogen and oxygen atoms in total. The van der Waals surface area contributed by atoms with Crippen molar-refractivity contribution in [1.82, 2.24) is 0 Å². The highest BCUT2D eigenvalue weighted by molar-refractivity contribution is 6.17. The molecule has 0 spiro atoms. The highest BCUT2D eigenvalue weighted by Crippen LogP contribution is 2.50. The summed E-state index contributed by atoms with van der Waals surface area (Å²) in [6.07, 6.45) is 0. The molecular formula is C132H87N3O6. The largest absolute Gasteiger partial charge is 0.456 e. The molecule has 27 aromatic rings. The van der Waals surface area contributed by atoms with Gasteiger partial charge < -0.3 is 41.2 Å². The summed E-state index contributed by atoms with van der Waals surface area (Å²) in [5.41, 5.74) is 44.4. The summed E-state index contributed by atoms with van der Waals surface area (Å²) >= 11 is 0. The van der Waals surface area contributed by atoms with E-state index in [1.54, 1.807) is 0 Å². The van der Waals surface area contributed by atoms with Crippen molar-refractivity contribution in [3.63, 3.8) is 0 Å². The molecule has 0 aliphatic carbocycles. The number of anilines is 3. The zero-order chi connectivity index (χ0) is 92.7. The topological polar surface area (TPSA) is 88.6 Å². The van der Waals surface area contributed by atoms with Gasteiger partial charge in [-0.15, -0.1) is 0 Å². The van der Waals surface area contributed by atoms with Crippen LogP contribution in [-0.2, 0) is 39.3 Å². The van der Waals surface area contributed by atoms with Gasteiger partial charge in [0.1, 0.15) is 67.0 Å². The van der Waals surface area contributed by atoms with Gasteiger partial charge in [0.2, 0.25) is 0 Å². The Morgan fingerprint density at radius 2 is 0.404 bits per heavy atom. The summed E-state index contributed by atoms with van der Waals surface area (Å²) in [7, 11) is 0. The molecule has 0 saturated heterocycles. The standard InChI is InChI=1S/3C44H29NO2/c1-2-10-32(11-3-1)45-26-30-21-20-29(35-15-8-16-37-36-12-4-6-17-40(36)47-44(35)37)25-39(30)33-23-22-28(24-31(33)27-45)34-14-9-19-42-43(34)38-13-5-7-18-41(38)46-42;1-2-9-33(10-3-1)45-26-31-18-17-28(29-19-22-37-36-11-4-6-14-40(36)47-43(37)25-29)24-39(31)34-21-20-30(23-32(34)27-45)35-13-8-16-42-44(35)38-12-5-7-15-41(38)46-42;1-2-9-33(10-3-1)45-26-31-18-17-28(29-20-22-42-39(25-29)36-11-4-6-14-40(36)46-42)24-38(31)34-21-19-30(23-32(34)27-45)35-13-8-16-43-44(35)37-12-5-7-15-41(37)47-43/h3*1-25H,26-27H2. The molecule has 30 rings (SSSR count). The maximum Gasteiger partial charge on any atom is 0.143 e. The second-order valence-corrected chi connectivity index (χ2v) is 37.5. The zero-order valence-corrected chi connectivity index (χ0v) is 76.8. The first kappa shape index (κ1) is 81.2. The van der Waals surface area contributed by atoms with Crippen molar-refractivity contribution in [3.8, 4) is 100 Å². The molecule has 0 amide bonds. The predicted molar refractivity (Wildman–Crippen MR) is 581 cm³/mol. The molecule has 6 aromatic heterocycles. The lowest BCUT2D eigenvalue weighted by molar-refractivity contribution is 0.668. The zero-order valence-electron chi connectivity index (χ0n) is 76.8. The molecule has 0 unspecified atom stereocenters. The number of hydrogen-bond donors (Lipinski definition) is 0. The number of para-hydroxylation sites is 10. The average Bonchev–Trinajstić information content (AvgIpc) is 1.63. The fraction of sp³-hybridized carbons (Fsp3) is 0.0455. The van der Waals surface area contributed by atoms with E-state index in [1.807, 2.05) is 60.7 Å². The third-order valence-electron chi connectivity index (χ3n) is 29.3. The summed E-state index contributed by atoms with van der Waals surface area (Å²) in [6.45, 7) is 4.90. The van der Waals surface area contributed by atoms with Crippen molar-refractivity contribution in [2.75, 3.05) is 14.7 Å². The first-order valence-electron chi connectivity index (χ1n) is 48.5. The Hall–Kier alpha value is -18.2. The third kappa shape index (κ3) is 14.1. The van der Waals surface area contributed by atoms with E-state index in [4.69, 9.17) is 26.5 Å². The number of furan rings is 6. The van der Waals surface area contributed by atoms with Crippen molar-refractivity contribution in [2.45, 2.75) is 39.3 Å². The maximum atomic E-state index is 6.46. The molecule has 666 valence electrons. The monoisotopic (exact) mass is 1810 g/mol. The van der Waals surface area contributed by atoms with Crippen LogP contribution in [-0.4, -0.2) is 0 Å². The number of nitrogens with zero attached hydrogens (tertiary/aromatic N) is 3. The summed E-state index contributed by atoms with van der Waals surface area (Å²) < 4.78 is 37.6. The van der Waals surface area contributed by atoms with Crippen molar-refractivity contribution in [3.05, 3.63) is 488 Å². The van der Waals surface area contributed by atoms with E-state index in [0.29, 0.717) is 0 Å². The van der Waals surface area contributed by atoms with Crippen LogP contribution in [0, 0.1) is 0 Å². The molecule has 21 aromatic carbocycles. The molecule has 3 aliphatic heterocycles. The van der Waals surface area contributed by atoms with E-state index in [0.717, 1.165) is 171 Å². The summed E-state index contributed by atoms with van der Waals surface area (Å²) in [5, 5.41) is 13.8. The van der Waals surface area contributed by atoms with Gasteiger partial charge in [0.25, 0.3) is 0 Å².